The van der Waals surface area contributed by atoms with Gasteiger partial charge in [0.2, 0.25) is 0 Å². The van der Waals surface area contributed by atoms with Crippen LogP contribution in [0.4, 0.5) is 0 Å². The van der Waals surface area contributed by atoms with Gasteiger partial charge < -0.3 is 9.84 Å². The standard InChI is InChI=1S/C23H20BrNO2S/c1-16-15-20(11-12-21(16)26)27-14-13-25-23(24)22(28)19-9-7-18(8-10-19)17-5-3-2-4-6-17/h2-13,15,26,28H,14H2,1H3/b23-22-,25-13+. The number of thiol groups is 1. The average Bonchev–Trinajstić information content (AvgIpc) is 2.73. The lowest BCUT2D eigenvalue weighted by atomic mass is 10.0. The molecule has 0 heterocycles. The molecule has 0 fully saturated rings. The molecule has 28 heavy (non-hydrogen) atoms. The number of aliphatic imine (C=N–C) groups is 1. The van der Waals surface area contributed by atoms with Crippen LogP contribution in [0.3, 0.4) is 0 Å². The molecular formula is C23H20BrNO2S. The maximum absolute atomic E-state index is 9.54. The first kappa shape index (κ1) is 20.2. The van der Waals surface area contributed by atoms with Gasteiger partial charge in [-0.1, -0.05) is 54.6 Å². The van der Waals surface area contributed by atoms with Crippen LogP contribution in [-0.4, -0.2) is 17.9 Å². The molecule has 0 aliphatic carbocycles. The quantitative estimate of drug-likeness (QED) is 0.255. The molecule has 0 aromatic heterocycles. The number of benzene rings is 3. The zero-order valence-corrected chi connectivity index (χ0v) is 17.8. The number of phenols is 1. The Kier molecular flexibility index (Phi) is 6.95. The number of aromatic hydroxyl groups is 1. The number of phenolic OH excluding ortho intramolecular Hbond substituents is 1. The van der Waals surface area contributed by atoms with Crippen molar-refractivity contribution in [1.29, 1.82) is 0 Å². The van der Waals surface area contributed by atoms with E-state index in [2.05, 4.69) is 57.8 Å². The van der Waals surface area contributed by atoms with Gasteiger partial charge >= 0.3 is 0 Å². The van der Waals surface area contributed by atoms with Gasteiger partial charge in [0.05, 0.1) is 0 Å². The number of aryl methyl sites for hydroxylation is 1. The lowest BCUT2D eigenvalue weighted by Crippen LogP contribution is -1.98. The Hall–Kier alpha value is -2.50. The normalized spacial score (nSPS) is 12.1. The van der Waals surface area contributed by atoms with Gasteiger partial charge in [0, 0.05) is 11.1 Å². The lowest BCUT2D eigenvalue weighted by molar-refractivity contribution is 0.378. The molecule has 1 N–H and O–H groups in total. The Morgan fingerprint density at radius 3 is 2.39 bits per heavy atom. The smallest absolute Gasteiger partial charge is 0.123 e. The molecule has 0 aliphatic rings. The van der Waals surface area contributed by atoms with E-state index in [0.29, 0.717) is 17.0 Å². The number of halogens is 1. The molecule has 3 aromatic carbocycles. The molecule has 0 aliphatic heterocycles. The van der Waals surface area contributed by atoms with E-state index in [1.54, 1.807) is 24.4 Å². The molecule has 0 saturated heterocycles. The Morgan fingerprint density at radius 2 is 1.71 bits per heavy atom. The van der Waals surface area contributed by atoms with Crippen LogP contribution in [0.2, 0.25) is 0 Å². The minimum atomic E-state index is 0.254. The summed E-state index contributed by atoms with van der Waals surface area (Å²) in [5.74, 6) is 0.939. The summed E-state index contributed by atoms with van der Waals surface area (Å²) in [5, 5.41) is 9.54. The van der Waals surface area contributed by atoms with E-state index in [9.17, 15) is 5.11 Å². The summed E-state index contributed by atoms with van der Waals surface area (Å²) in [5.41, 5.74) is 4.08. The highest BCUT2D eigenvalue weighted by Crippen LogP contribution is 2.29. The van der Waals surface area contributed by atoms with Gasteiger partial charge in [0.1, 0.15) is 22.7 Å². The van der Waals surface area contributed by atoms with Crippen molar-refractivity contribution >= 4 is 39.7 Å². The van der Waals surface area contributed by atoms with Gasteiger partial charge in [-0.05, 0) is 63.3 Å². The maximum Gasteiger partial charge on any atom is 0.123 e. The Labute approximate surface area is 179 Å². The van der Waals surface area contributed by atoms with Crippen LogP contribution in [-0.2, 0) is 0 Å². The molecule has 3 nitrogen and oxygen atoms in total. The summed E-state index contributed by atoms with van der Waals surface area (Å²) in [6.07, 6.45) is 1.67. The van der Waals surface area contributed by atoms with E-state index >= 15 is 0 Å². The Bertz CT molecular complexity index is 999. The van der Waals surface area contributed by atoms with Crippen molar-refractivity contribution in [2.75, 3.05) is 6.61 Å². The number of nitrogens with zero attached hydrogens (tertiary/aromatic N) is 1. The first-order valence-corrected chi connectivity index (χ1v) is 9.98. The molecule has 0 atom stereocenters. The van der Waals surface area contributed by atoms with Crippen LogP contribution >= 0.6 is 28.6 Å². The van der Waals surface area contributed by atoms with Crippen LogP contribution in [0.25, 0.3) is 16.0 Å². The third kappa shape index (κ3) is 5.27. The molecule has 5 heteroatoms. The predicted molar refractivity (Wildman–Crippen MR) is 124 cm³/mol. The fraction of sp³-hybridized carbons (Fsp3) is 0.0870. The monoisotopic (exact) mass is 453 g/mol. The van der Waals surface area contributed by atoms with E-state index in [1.807, 2.05) is 37.3 Å². The van der Waals surface area contributed by atoms with Crippen molar-refractivity contribution < 1.29 is 9.84 Å². The molecule has 142 valence electrons. The lowest BCUT2D eigenvalue weighted by Gasteiger charge is -2.06. The third-order valence-corrected chi connectivity index (χ3v) is 5.54. The van der Waals surface area contributed by atoms with E-state index in [0.717, 1.165) is 21.6 Å². The molecule has 3 aromatic rings. The summed E-state index contributed by atoms with van der Waals surface area (Å²) in [6.45, 7) is 2.14. The highest BCUT2D eigenvalue weighted by Gasteiger charge is 2.04. The molecule has 0 bridgehead atoms. The highest BCUT2D eigenvalue weighted by atomic mass is 79.9. The predicted octanol–water partition coefficient (Wildman–Crippen LogP) is 6.47. The van der Waals surface area contributed by atoms with Gasteiger partial charge in [-0.15, -0.1) is 12.6 Å². The van der Waals surface area contributed by atoms with Crippen molar-refractivity contribution in [2.24, 2.45) is 4.99 Å². The fourth-order valence-electron chi connectivity index (χ4n) is 2.60. The molecule has 0 unspecified atom stereocenters. The van der Waals surface area contributed by atoms with Gasteiger partial charge in [-0.2, -0.15) is 0 Å². The van der Waals surface area contributed by atoms with Crippen molar-refractivity contribution in [3.8, 4) is 22.6 Å². The van der Waals surface area contributed by atoms with Crippen molar-refractivity contribution in [3.63, 3.8) is 0 Å². The molecular weight excluding hydrogens is 434 g/mol. The summed E-state index contributed by atoms with van der Waals surface area (Å²) in [4.78, 5) is 5.10. The van der Waals surface area contributed by atoms with Crippen LogP contribution in [0.5, 0.6) is 11.5 Å². The zero-order valence-electron chi connectivity index (χ0n) is 15.3. The van der Waals surface area contributed by atoms with Gasteiger partial charge in [0.25, 0.3) is 0 Å². The second-order valence-electron chi connectivity index (χ2n) is 6.15. The van der Waals surface area contributed by atoms with E-state index in [1.165, 1.54) is 5.56 Å². The van der Waals surface area contributed by atoms with Gasteiger partial charge in [-0.25, -0.2) is 4.99 Å². The molecule has 3 rings (SSSR count). The molecule has 0 amide bonds. The third-order valence-electron chi connectivity index (χ3n) is 4.16. The highest BCUT2D eigenvalue weighted by molar-refractivity contribution is 9.12. The van der Waals surface area contributed by atoms with E-state index in [-0.39, 0.29) is 5.75 Å². The average molecular weight is 454 g/mol. The first-order chi connectivity index (χ1) is 13.5. The zero-order chi connectivity index (χ0) is 19.9. The van der Waals surface area contributed by atoms with Crippen molar-refractivity contribution in [2.45, 2.75) is 6.92 Å². The van der Waals surface area contributed by atoms with Crippen molar-refractivity contribution in [3.05, 3.63) is 88.5 Å². The number of hydrogen-bond donors (Lipinski definition) is 2. The molecule has 0 radical (unpaired) electrons. The Morgan fingerprint density at radius 1 is 1.04 bits per heavy atom. The first-order valence-electron chi connectivity index (χ1n) is 8.74. The van der Waals surface area contributed by atoms with Crippen LogP contribution in [0.15, 0.2) is 82.4 Å². The fourth-order valence-corrected chi connectivity index (χ4v) is 3.18. The van der Waals surface area contributed by atoms with E-state index in [4.69, 9.17) is 4.74 Å². The topological polar surface area (TPSA) is 41.8 Å². The van der Waals surface area contributed by atoms with E-state index < -0.39 is 0 Å². The van der Waals surface area contributed by atoms with Crippen LogP contribution < -0.4 is 4.74 Å². The van der Waals surface area contributed by atoms with Crippen molar-refractivity contribution in [1.82, 2.24) is 0 Å². The van der Waals surface area contributed by atoms with Crippen LogP contribution in [0.1, 0.15) is 11.1 Å². The molecule has 0 saturated carbocycles. The summed E-state index contributed by atoms with van der Waals surface area (Å²) < 4.78 is 6.25. The number of rotatable bonds is 6. The maximum atomic E-state index is 9.54. The molecule has 0 spiro atoms. The minimum Gasteiger partial charge on any atom is -0.508 e. The number of hydrogen-bond acceptors (Lipinski definition) is 4. The van der Waals surface area contributed by atoms with Gasteiger partial charge in [0.15, 0.2) is 0 Å². The largest absolute Gasteiger partial charge is 0.508 e. The summed E-state index contributed by atoms with van der Waals surface area (Å²) >= 11 is 8.05. The second kappa shape index (κ2) is 9.62. The summed E-state index contributed by atoms with van der Waals surface area (Å²) in [6, 6.07) is 23.5. The summed E-state index contributed by atoms with van der Waals surface area (Å²) in [7, 11) is 0. The number of ether oxygens (including phenoxy) is 1. The van der Waals surface area contributed by atoms with Crippen LogP contribution in [0, 0.1) is 6.92 Å². The minimum absolute atomic E-state index is 0.254. The van der Waals surface area contributed by atoms with Gasteiger partial charge in [-0.3, -0.25) is 0 Å². The second-order valence-corrected chi connectivity index (χ2v) is 7.35. The SMILES string of the molecule is Cc1cc(OC/C=N/C(Br)=C(\S)c2ccc(-c3ccccc3)cc2)ccc1O. The Balaban J connectivity index is 1.63.